The van der Waals surface area contributed by atoms with Crippen LogP contribution >= 0.6 is 22.7 Å². The van der Waals surface area contributed by atoms with Crippen LogP contribution < -0.4 is 5.32 Å². The molecule has 0 spiro atoms. The molecule has 3 rings (SSSR count). The average Bonchev–Trinajstić information content (AvgIpc) is 3.26. The van der Waals surface area contributed by atoms with E-state index >= 15 is 0 Å². The van der Waals surface area contributed by atoms with Crippen molar-refractivity contribution in [2.75, 3.05) is 0 Å². The number of ketones is 1. The van der Waals surface area contributed by atoms with Gasteiger partial charge in [0.2, 0.25) is 11.7 Å². The number of carbonyl (C=O) groups excluding carboxylic acids is 2. The summed E-state index contributed by atoms with van der Waals surface area (Å²) in [5, 5.41) is 4.90. The van der Waals surface area contributed by atoms with Crippen LogP contribution in [-0.4, -0.2) is 11.7 Å². The smallest absolute Gasteiger partial charge is 0.223 e. The second kappa shape index (κ2) is 6.54. The van der Waals surface area contributed by atoms with E-state index in [1.807, 2.05) is 29.6 Å². The Labute approximate surface area is 132 Å². The van der Waals surface area contributed by atoms with Crippen molar-refractivity contribution >= 4 is 34.4 Å². The van der Waals surface area contributed by atoms with Crippen molar-refractivity contribution in [2.24, 2.45) is 5.92 Å². The van der Waals surface area contributed by atoms with Gasteiger partial charge in [-0.05, 0) is 36.4 Å². The van der Waals surface area contributed by atoms with Gasteiger partial charge in [-0.3, -0.25) is 9.59 Å². The van der Waals surface area contributed by atoms with Crippen molar-refractivity contribution in [1.82, 2.24) is 5.32 Å². The zero-order valence-corrected chi connectivity index (χ0v) is 13.3. The van der Waals surface area contributed by atoms with Gasteiger partial charge in [-0.1, -0.05) is 18.9 Å². The Morgan fingerprint density at radius 2 is 1.95 bits per heavy atom. The molecule has 0 radical (unpaired) electrons. The van der Waals surface area contributed by atoms with E-state index in [-0.39, 0.29) is 17.6 Å². The molecule has 2 aromatic heterocycles. The largest absolute Gasteiger partial charge is 0.351 e. The van der Waals surface area contributed by atoms with Gasteiger partial charge < -0.3 is 5.32 Å². The Morgan fingerprint density at radius 1 is 1.14 bits per heavy atom. The lowest BCUT2D eigenvalue weighted by Crippen LogP contribution is -2.28. The van der Waals surface area contributed by atoms with Crippen molar-refractivity contribution in [3.8, 4) is 0 Å². The number of amides is 1. The van der Waals surface area contributed by atoms with E-state index < -0.39 is 0 Å². The first-order valence-electron chi connectivity index (χ1n) is 7.18. The lowest BCUT2D eigenvalue weighted by molar-refractivity contribution is -0.124. The summed E-state index contributed by atoms with van der Waals surface area (Å²) in [6.07, 6.45) is 4.35. The summed E-state index contributed by atoms with van der Waals surface area (Å²) in [6.45, 7) is 0.526. The maximum atomic E-state index is 12.2. The lowest BCUT2D eigenvalue weighted by Gasteiger charge is -2.08. The number of rotatable bonds is 5. The molecule has 0 atom stereocenters. The molecule has 0 unspecified atom stereocenters. The Bertz CT molecular complexity index is 625. The van der Waals surface area contributed by atoms with E-state index in [1.54, 1.807) is 0 Å². The number of hydrogen-bond donors (Lipinski definition) is 1. The van der Waals surface area contributed by atoms with Crippen LogP contribution in [0.5, 0.6) is 0 Å². The van der Waals surface area contributed by atoms with Crippen molar-refractivity contribution in [1.29, 1.82) is 0 Å². The van der Waals surface area contributed by atoms with Crippen molar-refractivity contribution < 1.29 is 9.59 Å². The maximum absolute atomic E-state index is 12.2. The Balaban J connectivity index is 1.58. The molecule has 5 heteroatoms. The van der Waals surface area contributed by atoms with Gasteiger partial charge in [-0.15, -0.1) is 22.7 Å². The highest BCUT2D eigenvalue weighted by Crippen LogP contribution is 2.25. The monoisotopic (exact) mass is 319 g/mol. The van der Waals surface area contributed by atoms with Crippen LogP contribution in [-0.2, 0) is 11.3 Å². The molecule has 3 nitrogen and oxygen atoms in total. The zero-order chi connectivity index (χ0) is 14.7. The minimum absolute atomic E-state index is 0.0726. The minimum atomic E-state index is 0.0726. The summed E-state index contributed by atoms with van der Waals surface area (Å²) in [5.41, 5.74) is 0. The van der Waals surface area contributed by atoms with E-state index in [0.717, 1.165) is 40.3 Å². The fourth-order valence-electron chi connectivity index (χ4n) is 2.63. The Morgan fingerprint density at radius 3 is 2.67 bits per heavy atom. The number of hydrogen-bond acceptors (Lipinski definition) is 4. The zero-order valence-electron chi connectivity index (χ0n) is 11.6. The normalized spacial score (nSPS) is 15.2. The molecule has 0 aliphatic heterocycles. The average molecular weight is 319 g/mol. The van der Waals surface area contributed by atoms with Crippen LogP contribution in [0.4, 0.5) is 0 Å². The standard InChI is InChI=1S/C16H17NO2S2/c18-15(13-6-3-9-20-13)14-8-7-12(21-14)10-17-16(19)11-4-1-2-5-11/h3,6-9,11H,1-2,4-5,10H2,(H,17,19). The quantitative estimate of drug-likeness (QED) is 0.851. The van der Waals surface area contributed by atoms with Gasteiger partial charge in [-0.2, -0.15) is 0 Å². The van der Waals surface area contributed by atoms with Gasteiger partial charge in [0.05, 0.1) is 16.3 Å². The van der Waals surface area contributed by atoms with Gasteiger partial charge in [0.25, 0.3) is 0 Å². The van der Waals surface area contributed by atoms with E-state index in [1.165, 1.54) is 22.7 Å². The summed E-state index contributed by atoms with van der Waals surface area (Å²) >= 11 is 2.92. The van der Waals surface area contributed by atoms with Crippen molar-refractivity contribution in [3.05, 3.63) is 44.3 Å². The predicted molar refractivity (Wildman–Crippen MR) is 85.9 cm³/mol. The molecule has 110 valence electrons. The van der Waals surface area contributed by atoms with Gasteiger partial charge >= 0.3 is 0 Å². The molecule has 21 heavy (non-hydrogen) atoms. The minimum Gasteiger partial charge on any atom is -0.351 e. The number of carbonyl (C=O) groups is 2. The maximum Gasteiger partial charge on any atom is 0.223 e. The second-order valence-electron chi connectivity index (χ2n) is 5.27. The first-order chi connectivity index (χ1) is 10.2. The third kappa shape index (κ3) is 3.41. The molecule has 1 aliphatic carbocycles. The molecule has 2 aromatic rings. The molecule has 0 saturated heterocycles. The summed E-state index contributed by atoms with van der Waals surface area (Å²) < 4.78 is 0. The van der Waals surface area contributed by atoms with Crippen LogP contribution in [0.25, 0.3) is 0 Å². The molecular formula is C16H17NO2S2. The van der Waals surface area contributed by atoms with Gasteiger partial charge in [0.15, 0.2) is 0 Å². The third-order valence-corrected chi connectivity index (χ3v) is 5.75. The van der Waals surface area contributed by atoms with Gasteiger partial charge in [0, 0.05) is 10.8 Å². The molecular weight excluding hydrogens is 302 g/mol. The van der Waals surface area contributed by atoms with E-state index in [4.69, 9.17) is 0 Å². The molecule has 1 aliphatic rings. The Hall–Kier alpha value is -1.46. The molecule has 1 N–H and O–H groups in total. The summed E-state index contributed by atoms with van der Waals surface area (Å²) in [5.74, 6) is 0.424. The molecule has 1 amide bonds. The predicted octanol–water partition coefficient (Wildman–Crippen LogP) is 3.85. The number of nitrogens with one attached hydrogen (secondary N) is 1. The summed E-state index contributed by atoms with van der Waals surface area (Å²) in [7, 11) is 0. The highest BCUT2D eigenvalue weighted by Gasteiger charge is 2.22. The topological polar surface area (TPSA) is 46.2 Å². The highest BCUT2D eigenvalue weighted by atomic mass is 32.1. The molecule has 0 bridgehead atoms. The molecule has 0 aromatic carbocycles. The molecule has 2 heterocycles. The van der Waals surface area contributed by atoms with Crippen LogP contribution in [0.15, 0.2) is 29.6 Å². The summed E-state index contributed by atoms with van der Waals surface area (Å²) in [4.78, 5) is 26.7. The Kier molecular flexibility index (Phi) is 4.51. The molecule has 1 fully saturated rings. The van der Waals surface area contributed by atoms with Crippen LogP contribution in [0.2, 0.25) is 0 Å². The van der Waals surface area contributed by atoms with Crippen molar-refractivity contribution in [3.63, 3.8) is 0 Å². The fraction of sp³-hybridized carbons (Fsp3) is 0.375. The first-order valence-corrected chi connectivity index (χ1v) is 8.88. The van der Waals surface area contributed by atoms with E-state index in [0.29, 0.717) is 6.54 Å². The van der Waals surface area contributed by atoms with Crippen LogP contribution in [0, 0.1) is 5.92 Å². The van der Waals surface area contributed by atoms with Gasteiger partial charge in [-0.25, -0.2) is 0 Å². The third-order valence-electron chi connectivity index (χ3n) is 3.79. The van der Waals surface area contributed by atoms with E-state index in [9.17, 15) is 9.59 Å². The summed E-state index contributed by atoms with van der Waals surface area (Å²) in [6, 6.07) is 7.51. The molecule has 1 saturated carbocycles. The van der Waals surface area contributed by atoms with Crippen LogP contribution in [0.3, 0.4) is 0 Å². The lowest BCUT2D eigenvalue weighted by atomic mass is 10.1. The van der Waals surface area contributed by atoms with Crippen molar-refractivity contribution in [2.45, 2.75) is 32.2 Å². The fourth-order valence-corrected chi connectivity index (χ4v) is 4.27. The van der Waals surface area contributed by atoms with Gasteiger partial charge in [0.1, 0.15) is 0 Å². The SMILES string of the molecule is O=C(c1cccs1)c1ccc(CNC(=O)C2CCCC2)s1. The van der Waals surface area contributed by atoms with E-state index in [2.05, 4.69) is 5.32 Å². The second-order valence-corrected chi connectivity index (χ2v) is 7.39. The van der Waals surface area contributed by atoms with Crippen LogP contribution in [0.1, 0.15) is 45.1 Å². The number of thiophene rings is 2. The first kappa shape index (κ1) is 14.5. The highest BCUT2D eigenvalue weighted by molar-refractivity contribution is 7.16.